The summed E-state index contributed by atoms with van der Waals surface area (Å²) in [4.78, 5) is 26.3. The van der Waals surface area contributed by atoms with Gasteiger partial charge in [-0.2, -0.15) is 0 Å². The third kappa shape index (κ3) is 5.27. The summed E-state index contributed by atoms with van der Waals surface area (Å²) < 4.78 is 32.1. The maximum Gasteiger partial charge on any atom is 0.312 e. The third-order valence-corrected chi connectivity index (χ3v) is 5.81. The van der Waals surface area contributed by atoms with Crippen LogP contribution in [0.4, 0.5) is 11.5 Å². The number of amides is 1. The zero-order chi connectivity index (χ0) is 20.9. The van der Waals surface area contributed by atoms with Gasteiger partial charge < -0.3 is 10.1 Å². The lowest BCUT2D eigenvalue weighted by molar-refractivity contribution is -0.384. The van der Waals surface area contributed by atoms with Crippen molar-refractivity contribution in [3.8, 4) is 0 Å². The Morgan fingerprint density at radius 3 is 2.59 bits per heavy atom. The molecule has 1 saturated heterocycles. The molecule has 1 aromatic heterocycles. The minimum absolute atomic E-state index is 0.0187. The number of nitrogens with zero attached hydrogens (tertiary/aromatic N) is 2. The molecule has 0 radical (unpaired) electrons. The van der Waals surface area contributed by atoms with E-state index in [0.717, 1.165) is 25.1 Å². The van der Waals surface area contributed by atoms with E-state index in [1.54, 1.807) is 18.2 Å². The van der Waals surface area contributed by atoms with Crippen molar-refractivity contribution in [1.29, 1.82) is 0 Å². The molecule has 2 aromatic rings. The number of anilines is 1. The van der Waals surface area contributed by atoms with Gasteiger partial charge in [-0.15, -0.1) is 0 Å². The number of ether oxygens (including phenoxy) is 1. The fourth-order valence-electron chi connectivity index (χ4n) is 2.88. The molecule has 11 heteroatoms. The summed E-state index contributed by atoms with van der Waals surface area (Å²) in [6.07, 6.45) is 2.65. The third-order valence-electron chi connectivity index (χ3n) is 4.51. The molecule has 1 aliphatic rings. The number of carbonyl (C=O) groups is 1. The molecule has 2 heterocycles. The van der Waals surface area contributed by atoms with E-state index in [2.05, 4.69) is 10.3 Å². The van der Waals surface area contributed by atoms with Crippen molar-refractivity contribution >= 4 is 27.4 Å². The highest BCUT2D eigenvalue weighted by Gasteiger charge is 2.25. The predicted octanol–water partition coefficient (Wildman–Crippen LogP) is 1.95. The van der Waals surface area contributed by atoms with Crippen molar-refractivity contribution in [2.45, 2.75) is 17.7 Å². The Morgan fingerprint density at radius 1 is 1.24 bits per heavy atom. The zero-order valence-corrected chi connectivity index (χ0v) is 16.2. The normalized spacial score (nSPS) is 14.9. The maximum atomic E-state index is 12.5. The van der Waals surface area contributed by atoms with Crippen molar-refractivity contribution < 1.29 is 22.9 Å². The minimum atomic E-state index is -4.33. The van der Waals surface area contributed by atoms with Crippen LogP contribution in [0.1, 0.15) is 23.2 Å². The van der Waals surface area contributed by atoms with Crippen molar-refractivity contribution in [2.24, 2.45) is 5.92 Å². The van der Waals surface area contributed by atoms with Crippen molar-refractivity contribution in [3.63, 3.8) is 0 Å². The first kappa shape index (κ1) is 20.7. The fraction of sp³-hybridized carbons (Fsp3) is 0.333. The predicted molar refractivity (Wildman–Crippen MR) is 104 cm³/mol. The molecule has 1 aliphatic heterocycles. The van der Waals surface area contributed by atoms with Gasteiger partial charge in [0.15, 0.2) is 0 Å². The molecule has 0 atom stereocenters. The van der Waals surface area contributed by atoms with Crippen molar-refractivity contribution in [1.82, 2.24) is 9.71 Å². The number of hydrogen-bond donors (Lipinski definition) is 2. The van der Waals surface area contributed by atoms with Crippen LogP contribution in [-0.2, 0) is 14.8 Å². The molecule has 3 rings (SSSR count). The second kappa shape index (κ2) is 8.97. The van der Waals surface area contributed by atoms with Crippen molar-refractivity contribution in [3.05, 3.63) is 58.3 Å². The second-order valence-electron chi connectivity index (χ2n) is 6.53. The smallest absolute Gasteiger partial charge is 0.312 e. The number of rotatable bonds is 7. The van der Waals surface area contributed by atoms with E-state index in [-0.39, 0.29) is 11.4 Å². The Bertz CT molecular complexity index is 991. The summed E-state index contributed by atoms with van der Waals surface area (Å²) in [7, 11) is -4.33. The number of benzene rings is 1. The van der Waals surface area contributed by atoms with E-state index >= 15 is 0 Å². The molecule has 2 N–H and O–H groups in total. The van der Waals surface area contributed by atoms with Crippen LogP contribution < -0.4 is 10.0 Å². The van der Waals surface area contributed by atoms with Gasteiger partial charge in [0.05, 0.1) is 11.1 Å². The summed E-state index contributed by atoms with van der Waals surface area (Å²) in [5.41, 5.74) is -0.333. The van der Waals surface area contributed by atoms with Crippen LogP contribution in [0.5, 0.6) is 0 Å². The molecule has 0 spiro atoms. The van der Waals surface area contributed by atoms with Gasteiger partial charge in [0.2, 0.25) is 5.82 Å². The first-order chi connectivity index (χ1) is 13.9. The fourth-order valence-corrected chi connectivity index (χ4v) is 3.82. The first-order valence-electron chi connectivity index (χ1n) is 8.95. The minimum Gasteiger partial charge on any atom is -0.381 e. The standard InChI is InChI=1S/C18H20N4O6S/c23-18(14-4-2-1-3-5-14)21-29(26,27)15-10-16(22(24)25)17(20-12-15)19-11-13-6-8-28-9-7-13/h1-5,10,12-13H,6-9,11H2,(H,19,20)(H,21,23). The summed E-state index contributed by atoms with van der Waals surface area (Å²) in [5.74, 6) is -0.566. The average molecular weight is 420 g/mol. The van der Waals surface area contributed by atoms with Crippen LogP contribution in [0.15, 0.2) is 47.5 Å². The second-order valence-corrected chi connectivity index (χ2v) is 8.22. The number of hydrogen-bond acceptors (Lipinski definition) is 8. The lowest BCUT2D eigenvalue weighted by Gasteiger charge is -2.22. The van der Waals surface area contributed by atoms with Gasteiger partial charge in [-0.1, -0.05) is 18.2 Å². The van der Waals surface area contributed by atoms with Crippen LogP contribution in [-0.4, -0.2) is 44.0 Å². The average Bonchev–Trinajstić information content (AvgIpc) is 2.73. The lowest BCUT2D eigenvalue weighted by Crippen LogP contribution is -2.30. The lowest BCUT2D eigenvalue weighted by atomic mass is 10.0. The molecule has 1 fully saturated rings. The van der Waals surface area contributed by atoms with E-state index in [9.17, 15) is 23.3 Å². The molecular weight excluding hydrogens is 400 g/mol. The van der Waals surface area contributed by atoms with Crippen LogP contribution in [0.25, 0.3) is 0 Å². The van der Waals surface area contributed by atoms with Gasteiger partial charge in [0.25, 0.3) is 15.9 Å². The van der Waals surface area contributed by atoms with Gasteiger partial charge in [-0.3, -0.25) is 14.9 Å². The number of sulfonamides is 1. The number of nitrogens with one attached hydrogen (secondary N) is 2. The molecule has 154 valence electrons. The van der Waals surface area contributed by atoms with E-state index in [1.165, 1.54) is 12.1 Å². The number of nitro groups is 1. The summed E-state index contributed by atoms with van der Waals surface area (Å²) in [6, 6.07) is 8.66. The van der Waals surface area contributed by atoms with Crippen LogP contribution >= 0.6 is 0 Å². The molecule has 0 unspecified atom stereocenters. The van der Waals surface area contributed by atoms with Gasteiger partial charge >= 0.3 is 5.69 Å². The van der Waals surface area contributed by atoms with Crippen LogP contribution in [0.2, 0.25) is 0 Å². The number of pyridine rings is 1. The number of aromatic nitrogens is 1. The Balaban J connectivity index is 1.77. The molecule has 10 nitrogen and oxygen atoms in total. The molecular formula is C18H20N4O6S. The monoisotopic (exact) mass is 420 g/mol. The SMILES string of the molecule is O=C(NS(=O)(=O)c1cnc(NCC2CCOCC2)c([N+](=O)[O-])c1)c1ccccc1. The van der Waals surface area contributed by atoms with Gasteiger partial charge in [-0.25, -0.2) is 18.1 Å². The number of carbonyl (C=O) groups excluding carboxylic acids is 1. The first-order valence-corrected chi connectivity index (χ1v) is 10.4. The topological polar surface area (TPSA) is 141 Å². The van der Waals surface area contributed by atoms with Crippen LogP contribution in [0, 0.1) is 16.0 Å². The summed E-state index contributed by atoms with van der Waals surface area (Å²) >= 11 is 0. The van der Waals surface area contributed by atoms with E-state index in [4.69, 9.17) is 4.74 Å². The summed E-state index contributed by atoms with van der Waals surface area (Å²) in [6.45, 7) is 1.74. The molecule has 29 heavy (non-hydrogen) atoms. The van der Waals surface area contributed by atoms with Crippen LogP contribution in [0.3, 0.4) is 0 Å². The Labute approximate surface area is 167 Å². The molecule has 0 saturated carbocycles. The molecule has 1 amide bonds. The van der Waals surface area contributed by atoms with Gasteiger partial charge in [0.1, 0.15) is 4.90 Å². The van der Waals surface area contributed by atoms with E-state index in [0.29, 0.717) is 25.7 Å². The van der Waals surface area contributed by atoms with Crippen molar-refractivity contribution in [2.75, 3.05) is 25.1 Å². The zero-order valence-electron chi connectivity index (χ0n) is 15.4. The summed E-state index contributed by atoms with van der Waals surface area (Å²) in [5, 5.41) is 14.3. The molecule has 0 bridgehead atoms. The largest absolute Gasteiger partial charge is 0.381 e. The quantitative estimate of drug-likeness (QED) is 0.511. The van der Waals surface area contributed by atoms with E-state index < -0.39 is 31.4 Å². The van der Waals surface area contributed by atoms with Gasteiger partial charge in [-0.05, 0) is 30.9 Å². The molecule has 0 aliphatic carbocycles. The Hall–Kier alpha value is -3.05. The van der Waals surface area contributed by atoms with Gasteiger partial charge in [0, 0.05) is 31.4 Å². The van der Waals surface area contributed by atoms with E-state index in [1.807, 2.05) is 4.72 Å². The Kier molecular flexibility index (Phi) is 6.39. The highest BCUT2D eigenvalue weighted by atomic mass is 32.2. The Morgan fingerprint density at radius 2 is 1.93 bits per heavy atom. The highest BCUT2D eigenvalue weighted by molar-refractivity contribution is 7.90. The highest BCUT2D eigenvalue weighted by Crippen LogP contribution is 2.26. The maximum absolute atomic E-state index is 12.5. The molecule has 1 aromatic carbocycles.